The van der Waals surface area contributed by atoms with Crippen LogP contribution >= 0.6 is 0 Å². The van der Waals surface area contributed by atoms with Crippen LogP contribution in [0.1, 0.15) is 55.6 Å². The largest absolute Gasteiger partial charge is 0.192 e. The highest BCUT2D eigenvalue weighted by Gasteiger charge is 2.16. The SMILES string of the molecule is Cc1cc(C)c(Cc2c(C)cc(C)c(C=C(C#N)C#N)c2C)c(C)c1C=C(C#N)C#N. The highest BCUT2D eigenvalue weighted by atomic mass is 14.3. The monoisotopic (exact) mass is 404 g/mol. The molecule has 2 aromatic rings. The van der Waals surface area contributed by atoms with Gasteiger partial charge in [-0.1, -0.05) is 12.1 Å². The van der Waals surface area contributed by atoms with Crippen molar-refractivity contribution in [3.8, 4) is 24.3 Å². The Bertz CT molecular complexity index is 1160. The molecule has 0 fully saturated rings. The van der Waals surface area contributed by atoms with Crippen LogP contribution < -0.4 is 0 Å². The summed E-state index contributed by atoms with van der Waals surface area (Å²) in [5.41, 5.74) is 10.7. The van der Waals surface area contributed by atoms with Gasteiger partial charge in [0.25, 0.3) is 0 Å². The molecule has 0 aliphatic rings. The van der Waals surface area contributed by atoms with Crippen LogP contribution in [0.4, 0.5) is 0 Å². The van der Waals surface area contributed by atoms with Crippen molar-refractivity contribution in [2.75, 3.05) is 0 Å². The second-order valence-electron chi connectivity index (χ2n) is 7.80. The molecule has 0 atom stereocenters. The van der Waals surface area contributed by atoms with Gasteiger partial charge in [0.2, 0.25) is 0 Å². The van der Waals surface area contributed by atoms with E-state index in [9.17, 15) is 21.0 Å². The van der Waals surface area contributed by atoms with Crippen LogP contribution in [0.25, 0.3) is 12.2 Å². The number of hydrogen-bond acceptors (Lipinski definition) is 4. The topological polar surface area (TPSA) is 95.2 Å². The first-order valence-corrected chi connectivity index (χ1v) is 9.91. The van der Waals surface area contributed by atoms with E-state index in [0.29, 0.717) is 6.42 Å². The smallest absolute Gasteiger partial charge is 0.130 e. The second-order valence-corrected chi connectivity index (χ2v) is 7.80. The van der Waals surface area contributed by atoms with Crippen molar-refractivity contribution < 1.29 is 0 Å². The van der Waals surface area contributed by atoms with Gasteiger partial charge in [0.15, 0.2) is 0 Å². The fourth-order valence-electron chi connectivity index (χ4n) is 4.12. The Labute approximate surface area is 184 Å². The summed E-state index contributed by atoms with van der Waals surface area (Å²) in [6, 6.07) is 11.9. The third-order valence-electron chi connectivity index (χ3n) is 5.79. The number of nitriles is 4. The molecule has 2 aromatic carbocycles. The summed E-state index contributed by atoms with van der Waals surface area (Å²) in [7, 11) is 0. The van der Waals surface area contributed by atoms with Crippen LogP contribution in [0, 0.1) is 86.9 Å². The molecule has 2 rings (SSSR count). The lowest BCUT2D eigenvalue weighted by Gasteiger charge is -2.20. The van der Waals surface area contributed by atoms with Crippen molar-refractivity contribution in [1.29, 1.82) is 21.0 Å². The number of nitrogens with zero attached hydrogens (tertiary/aromatic N) is 4. The van der Waals surface area contributed by atoms with Crippen LogP contribution in [0.5, 0.6) is 0 Å². The van der Waals surface area contributed by atoms with E-state index in [1.54, 1.807) is 12.2 Å². The quantitative estimate of drug-likeness (QED) is 0.585. The molecule has 152 valence electrons. The fourth-order valence-corrected chi connectivity index (χ4v) is 4.12. The number of hydrogen-bond donors (Lipinski definition) is 0. The van der Waals surface area contributed by atoms with E-state index >= 15 is 0 Å². The van der Waals surface area contributed by atoms with E-state index in [1.165, 1.54) is 0 Å². The van der Waals surface area contributed by atoms with E-state index in [-0.39, 0.29) is 11.1 Å². The van der Waals surface area contributed by atoms with Gasteiger partial charge in [-0.15, -0.1) is 0 Å². The van der Waals surface area contributed by atoms with Crippen molar-refractivity contribution in [2.45, 2.75) is 48.0 Å². The second kappa shape index (κ2) is 9.59. The summed E-state index contributed by atoms with van der Waals surface area (Å²) in [6.45, 7) is 12.2. The third-order valence-corrected chi connectivity index (χ3v) is 5.79. The van der Waals surface area contributed by atoms with Crippen LogP contribution in [0.3, 0.4) is 0 Å². The van der Waals surface area contributed by atoms with E-state index < -0.39 is 0 Å². The van der Waals surface area contributed by atoms with Crippen molar-refractivity contribution in [3.05, 3.63) is 78.9 Å². The van der Waals surface area contributed by atoms with Gasteiger partial charge in [0, 0.05) is 0 Å². The maximum Gasteiger partial charge on any atom is 0.130 e. The molecule has 0 unspecified atom stereocenters. The summed E-state index contributed by atoms with van der Waals surface area (Å²) in [5.74, 6) is 0. The Hall–Kier alpha value is -4.12. The van der Waals surface area contributed by atoms with Gasteiger partial charge in [-0.25, -0.2) is 0 Å². The van der Waals surface area contributed by atoms with Crippen LogP contribution in [0.2, 0.25) is 0 Å². The average molecular weight is 405 g/mol. The number of benzene rings is 2. The Morgan fingerprint density at radius 2 is 0.935 bits per heavy atom. The lowest BCUT2D eigenvalue weighted by atomic mass is 9.84. The normalized spacial score (nSPS) is 9.61. The fraction of sp³-hybridized carbons (Fsp3) is 0.259. The summed E-state index contributed by atoms with van der Waals surface area (Å²) in [5, 5.41) is 36.7. The first kappa shape index (κ1) is 23.2. The Morgan fingerprint density at radius 1 is 0.613 bits per heavy atom. The first-order chi connectivity index (χ1) is 14.7. The molecule has 0 amide bonds. The maximum atomic E-state index is 9.18. The number of rotatable bonds is 4. The molecule has 0 aliphatic carbocycles. The van der Waals surface area contributed by atoms with Crippen molar-refractivity contribution in [2.24, 2.45) is 0 Å². The summed E-state index contributed by atoms with van der Waals surface area (Å²) in [6.07, 6.45) is 3.99. The van der Waals surface area contributed by atoms with Crippen molar-refractivity contribution in [3.63, 3.8) is 0 Å². The minimum atomic E-state index is 0.0802. The summed E-state index contributed by atoms with van der Waals surface area (Å²) < 4.78 is 0. The molecule has 4 heteroatoms. The van der Waals surface area contributed by atoms with Gasteiger partial charge in [0.05, 0.1) is 0 Å². The zero-order valence-corrected chi connectivity index (χ0v) is 18.8. The standard InChI is InChI=1S/C27H24N4/c1-16-7-18(3)26(20(5)24(16)9-22(12-28)13-29)11-27-19(4)8-17(2)25(21(27)6)10-23(14-30)15-31/h7-10H,11H2,1-6H3. The zero-order valence-electron chi connectivity index (χ0n) is 18.8. The number of aryl methyl sites for hydroxylation is 4. The Kier molecular flexibility index (Phi) is 7.16. The van der Waals surface area contributed by atoms with E-state index in [2.05, 4.69) is 26.0 Å². The predicted molar refractivity (Wildman–Crippen MR) is 123 cm³/mol. The van der Waals surface area contributed by atoms with Gasteiger partial charge in [-0.3, -0.25) is 0 Å². The van der Waals surface area contributed by atoms with Crippen LogP contribution in [-0.4, -0.2) is 0 Å². The molecule has 4 nitrogen and oxygen atoms in total. The molecular weight excluding hydrogens is 380 g/mol. The molecule has 0 aliphatic heterocycles. The predicted octanol–water partition coefficient (Wildman–Crippen LogP) is 5.99. The summed E-state index contributed by atoms with van der Waals surface area (Å²) in [4.78, 5) is 0. The van der Waals surface area contributed by atoms with Crippen molar-refractivity contribution in [1.82, 2.24) is 0 Å². The molecule has 31 heavy (non-hydrogen) atoms. The number of allylic oxidation sites excluding steroid dienone is 2. The Balaban J connectivity index is 2.74. The molecule has 0 bridgehead atoms. The maximum absolute atomic E-state index is 9.18. The minimum absolute atomic E-state index is 0.0802. The molecule has 0 saturated heterocycles. The molecule has 0 radical (unpaired) electrons. The molecule has 0 heterocycles. The van der Waals surface area contributed by atoms with Crippen molar-refractivity contribution >= 4 is 12.2 Å². The minimum Gasteiger partial charge on any atom is -0.192 e. The Morgan fingerprint density at radius 3 is 1.23 bits per heavy atom. The van der Waals surface area contributed by atoms with Crippen LogP contribution in [-0.2, 0) is 6.42 Å². The molecule has 0 aromatic heterocycles. The van der Waals surface area contributed by atoms with E-state index in [0.717, 1.165) is 55.6 Å². The van der Waals surface area contributed by atoms with E-state index in [4.69, 9.17) is 0 Å². The van der Waals surface area contributed by atoms with E-state index in [1.807, 2.05) is 52.0 Å². The average Bonchev–Trinajstić information content (AvgIpc) is 2.73. The lowest BCUT2D eigenvalue weighted by Crippen LogP contribution is -2.05. The molecule has 0 spiro atoms. The van der Waals surface area contributed by atoms with Gasteiger partial charge in [-0.05, 0) is 116 Å². The van der Waals surface area contributed by atoms with Gasteiger partial charge in [0.1, 0.15) is 35.4 Å². The lowest BCUT2D eigenvalue weighted by molar-refractivity contribution is 1.06. The summed E-state index contributed by atoms with van der Waals surface area (Å²) >= 11 is 0. The van der Waals surface area contributed by atoms with Crippen LogP contribution in [0.15, 0.2) is 23.3 Å². The highest BCUT2D eigenvalue weighted by molar-refractivity contribution is 5.70. The molecule has 0 saturated carbocycles. The highest BCUT2D eigenvalue weighted by Crippen LogP contribution is 2.31. The zero-order chi connectivity index (χ0) is 23.3. The van der Waals surface area contributed by atoms with Gasteiger partial charge >= 0.3 is 0 Å². The molecular formula is C27H24N4. The van der Waals surface area contributed by atoms with Gasteiger partial charge in [-0.2, -0.15) is 21.0 Å². The molecule has 0 N–H and O–H groups in total. The first-order valence-electron chi connectivity index (χ1n) is 9.91. The third kappa shape index (κ3) is 4.73. The van der Waals surface area contributed by atoms with Gasteiger partial charge < -0.3 is 0 Å².